The largest absolute Gasteiger partial charge is 0.474 e. The number of aromatic nitrogens is 1. The van der Waals surface area contributed by atoms with Gasteiger partial charge in [0.1, 0.15) is 11.9 Å². The number of piperidine rings is 1. The molecule has 8 heteroatoms. The van der Waals surface area contributed by atoms with Crippen molar-refractivity contribution in [3.8, 4) is 22.8 Å². The third-order valence-electron chi connectivity index (χ3n) is 7.18. The molecule has 39 heavy (non-hydrogen) atoms. The zero-order chi connectivity index (χ0) is 27.2. The first-order valence-electron chi connectivity index (χ1n) is 13.5. The fraction of sp³-hybridized carbons (Fsp3) is 0.355. The number of likely N-dealkylation sites (tertiary alicyclic amines) is 1. The van der Waals surface area contributed by atoms with Crippen molar-refractivity contribution in [2.24, 2.45) is 0 Å². The van der Waals surface area contributed by atoms with E-state index in [1.807, 2.05) is 66.5 Å². The second kappa shape index (κ2) is 12.2. The maximum atomic E-state index is 13.4. The number of ether oxygens (including phenoxy) is 3. The Hall–Kier alpha value is -4.04. The van der Waals surface area contributed by atoms with E-state index in [1.165, 1.54) is 0 Å². The zero-order valence-corrected chi connectivity index (χ0v) is 22.7. The predicted octanol–water partition coefficient (Wildman–Crippen LogP) is 4.68. The Morgan fingerprint density at radius 3 is 2.28 bits per heavy atom. The number of pyridine rings is 1. The number of rotatable bonds is 8. The summed E-state index contributed by atoms with van der Waals surface area (Å²) < 4.78 is 17.6. The van der Waals surface area contributed by atoms with Crippen LogP contribution in [0.5, 0.6) is 11.6 Å². The molecule has 8 nitrogen and oxygen atoms in total. The molecule has 0 N–H and O–H groups in total. The highest BCUT2D eigenvalue weighted by molar-refractivity contribution is 5.97. The molecule has 2 fully saturated rings. The van der Waals surface area contributed by atoms with Crippen LogP contribution < -0.4 is 14.4 Å². The highest BCUT2D eigenvalue weighted by Gasteiger charge is 2.27. The molecule has 2 aromatic carbocycles. The molecule has 3 aromatic rings. The number of amides is 1. The lowest BCUT2D eigenvalue weighted by Crippen LogP contribution is -2.42. The van der Waals surface area contributed by atoms with Crippen LogP contribution in [0.3, 0.4) is 0 Å². The number of hydrogen-bond donors (Lipinski definition) is 0. The average molecular weight is 529 g/mol. The van der Waals surface area contributed by atoms with Crippen LogP contribution in [0.15, 0.2) is 79.3 Å². The summed E-state index contributed by atoms with van der Waals surface area (Å²) in [7, 11) is 4.06. The predicted molar refractivity (Wildman–Crippen MR) is 152 cm³/mol. The second-order valence-electron chi connectivity index (χ2n) is 10.0. The van der Waals surface area contributed by atoms with Crippen molar-refractivity contribution in [2.45, 2.75) is 18.9 Å². The van der Waals surface area contributed by atoms with E-state index in [0.717, 1.165) is 42.7 Å². The Kier molecular flexibility index (Phi) is 8.32. The van der Waals surface area contributed by atoms with Crippen LogP contribution in [0.1, 0.15) is 23.2 Å². The molecule has 2 aliphatic rings. The highest BCUT2D eigenvalue weighted by Crippen LogP contribution is 2.27. The smallest absolute Gasteiger partial charge is 0.257 e. The van der Waals surface area contributed by atoms with Gasteiger partial charge in [0.25, 0.3) is 5.91 Å². The molecule has 1 aromatic heterocycles. The molecule has 204 valence electrons. The number of carbonyl (C=O) groups is 1. The molecule has 0 saturated carbocycles. The van der Waals surface area contributed by atoms with Gasteiger partial charge in [-0.15, -0.1) is 0 Å². The zero-order valence-electron chi connectivity index (χ0n) is 22.7. The molecule has 5 rings (SSSR count). The van der Waals surface area contributed by atoms with E-state index in [-0.39, 0.29) is 12.0 Å². The summed E-state index contributed by atoms with van der Waals surface area (Å²) in [5.74, 6) is 1.63. The van der Waals surface area contributed by atoms with Crippen molar-refractivity contribution in [3.63, 3.8) is 0 Å². The maximum Gasteiger partial charge on any atom is 0.257 e. The van der Waals surface area contributed by atoms with Crippen LogP contribution in [0.2, 0.25) is 0 Å². The van der Waals surface area contributed by atoms with Gasteiger partial charge in [0.05, 0.1) is 18.8 Å². The molecular formula is C31H36N4O4. The first-order valence-corrected chi connectivity index (χ1v) is 13.5. The summed E-state index contributed by atoms with van der Waals surface area (Å²) in [6, 6.07) is 19.7. The molecule has 0 bridgehead atoms. The van der Waals surface area contributed by atoms with E-state index in [2.05, 4.69) is 40.7 Å². The van der Waals surface area contributed by atoms with Crippen LogP contribution >= 0.6 is 0 Å². The normalized spacial score (nSPS) is 16.1. The monoisotopic (exact) mass is 528 g/mol. The van der Waals surface area contributed by atoms with E-state index in [1.54, 1.807) is 0 Å². The Morgan fingerprint density at radius 1 is 0.923 bits per heavy atom. The average Bonchev–Trinajstić information content (AvgIpc) is 2.98. The maximum absolute atomic E-state index is 13.4. The fourth-order valence-electron chi connectivity index (χ4n) is 4.83. The van der Waals surface area contributed by atoms with Crippen LogP contribution in [0, 0.1) is 0 Å². The number of hydrogen-bond acceptors (Lipinski definition) is 7. The molecule has 2 saturated heterocycles. The lowest BCUT2D eigenvalue weighted by atomic mass is 10.1. The minimum atomic E-state index is -0.0402. The number of benzene rings is 2. The van der Waals surface area contributed by atoms with Gasteiger partial charge in [0, 0.05) is 76.6 Å². The Labute approximate surface area is 230 Å². The van der Waals surface area contributed by atoms with Gasteiger partial charge in [-0.05, 0) is 42.5 Å². The Balaban J connectivity index is 1.15. The third-order valence-corrected chi connectivity index (χ3v) is 7.18. The molecule has 0 spiro atoms. The van der Waals surface area contributed by atoms with Crippen LogP contribution in [0.4, 0.5) is 5.69 Å². The van der Waals surface area contributed by atoms with E-state index >= 15 is 0 Å². The van der Waals surface area contributed by atoms with E-state index < -0.39 is 0 Å². The van der Waals surface area contributed by atoms with Gasteiger partial charge in [-0.3, -0.25) is 4.79 Å². The molecule has 0 aliphatic carbocycles. The number of para-hydroxylation sites is 1. The van der Waals surface area contributed by atoms with Crippen molar-refractivity contribution in [3.05, 3.63) is 84.9 Å². The number of anilines is 1. The molecule has 0 unspecified atom stereocenters. The Morgan fingerprint density at radius 2 is 1.62 bits per heavy atom. The van der Waals surface area contributed by atoms with Crippen LogP contribution in [0.25, 0.3) is 11.1 Å². The Bertz CT molecular complexity index is 1260. The van der Waals surface area contributed by atoms with Crippen LogP contribution in [-0.4, -0.2) is 80.3 Å². The summed E-state index contributed by atoms with van der Waals surface area (Å²) in [6.07, 6.45) is 3.34. The second-order valence-corrected chi connectivity index (χ2v) is 10.0. The topological polar surface area (TPSA) is 67.4 Å². The quantitative estimate of drug-likeness (QED) is 0.393. The number of nitrogens with zero attached hydrogens (tertiary/aromatic N) is 4. The summed E-state index contributed by atoms with van der Waals surface area (Å²) >= 11 is 0. The summed E-state index contributed by atoms with van der Waals surface area (Å²) in [5, 5.41) is 0. The van der Waals surface area contributed by atoms with Gasteiger partial charge in [-0.25, -0.2) is 4.98 Å². The number of carbonyl (C=O) groups excluding carboxylic acids is 1. The van der Waals surface area contributed by atoms with Crippen molar-refractivity contribution in [1.82, 2.24) is 14.8 Å². The third kappa shape index (κ3) is 6.52. The first kappa shape index (κ1) is 26.6. The fourth-order valence-corrected chi connectivity index (χ4v) is 4.83. The standard InChI is InChI=1S/C31H36N4O4/c1-23(34-18-20-37-21-19-34)38-29-7-5-4-6-28(29)31(36)35-16-14-27(15-17-35)39-30-13-10-25(22-32-30)24-8-11-26(12-9-24)33(2)3/h4-13,22,27H,1,14-21H2,2-3H3. The van der Waals surface area contributed by atoms with Gasteiger partial charge in [0.2, 0.25) is 5.88 Å². The van der Waals surface area contributed by atoms with Crippen molar-refractivity contribution < 1.29 is 19.0 Å². The van der Waals surface area contributed by atoms with Gasteiger partial charge < -0.3 is 28.9 Å². The minimum Gasteiger partial charge on any atom is -0.474 e. The molecule has 2 aliphatic heterocycles. The minimum absolute atomic E-state index is 0.0133. The van der Waals surface area contributed by atoms with E-state index in [0.29, 0.717) is 49.4 Å². The van der Waals surface area contributed by atoms with Gasteiger partial charge in [0.15, 0.2) is 5.88 Å². The SMILES string of the molecule is C=C(Oc1ccccc1C(=O)N1CCC(Oc2ccc(-c3ccc(N(C)C)cc3)cn2)CC1)N1CCOCC1. The summed E-state index contributed by atoms with van der Waals surface area (Å²) in [4.78, 5) is 23.9. The van der Waals surface area contributed by atoms with Crippen molar-refractivity contribution in [2.75, 3.05) is 58.4 Å². The van der Waals surface area contributed by atoms with Crippen LogP contribution in [-0.2, 0) is 4.74 Å². The molecule has 0 radical (unpaired) electrons. The lowest BCUT2D eigenvalue weighted by Gasteiger charge is -2.33. The molecular weight excluding hydrogens is 492 g/mol. The first-order chi connectivity index (χ1) is 19.0. The van der Waals surface area contributed by atoms with Crippen molar-refractivity contribution in [1.29, 1.82) is 0 Å². The lowest BCUT2D eigenvalue weighted by molar-refractivity contribution is 0.0350. The summed E-state index contributed by atoms with van der Waals surface area (Å²) in [6.45, 7) is 8.03. The highest BCUT2D eigenvalue weighted by atomic mass is 16.5. The summed E-state index contributed by atoms with van der Waals surface area (Å²) in [5.41, 5.74) is 3.86. The van der Waals surface area contributed by atoms with Gasteiger partial charge in [-0.2, -0.15) is 0 Å². The van der Waals surface area contributed by atoms with Gasteiger partial charge in [-0.1, -0.05) is 24.3 Å². The van der Waals surface area contributed by atoms with E-state index in [9.17, 15) is 4.79 Å². The van der Waals surface area contributed by atoms with Crippen molar-refractivity contribution >= 4 is 11.6 Å². The molecule has 0 atom stereocenters. The van der Waals surface area contributed by atoms with E-state index in [4.69, 9.17) is 14.2 Å². The number of morpholine rings is 1. The van der Waals surface area contributed by atoms with Gasteiger partial charge >= 0.3 is 0 Å². The molecule has 3 heterocycles. The molecule has 1 amide bonds.